The molecule has 0 aromatic heterocycles. The zero-order valence-electron chi connectivity index (χ0n) is 17.7. The maximum Gasteiger partial charge on any atom is 0.242 e. The third-order valence-corrected chi connectivity index (χ3v) is 5.08. The summed E-state index contributed by atoms with van der Waals surface area (Å²) in [5.74, 6) is -0.156. The minimum Gasteiger partial charge on any atom is -0.352 e. The fourth-order valence-electron chi connectivity index (χ4n) is 3.04. The molecular weight excluding hydrogens is 348 g/mol. The van der Waals surface area contributed by atoms with Crippen molar-refractivity contribution in [3.05, 3.63) is 70.8 Å². The Kier molecular flexibility index (Phi) is 7.80. The molecule has 0 saturated heterocycles. The molecule has 0 spiro atoms. The first-order valence-corrected chi connectivity index (χ1v) is 10.0. The number of nitrogens with one attached hydrogen (secondary N) is 1. The second-order valence-electron chi connectivity index (χ2n) is 7.67. The van der Waals surface area contributed by atoms with Crippen LogP contribution >= 0.6 is 0 Å². The van der Waals surface area contributed by atoms with E-state index in [1.807, 2.05) is 76.2 Å². The molecule has 0 aliphatic carbocycles. The van der Waals surface area contributed by atoms with E-state index in [1.54, 1.807) is 11.8 Å². The summed E-state index contributed by atoms with van der Waals surface area (Å²) in [7, 11) is 0. The van der Waals surface area contributed by atoms with Gasteiger partial charge < -0.3 is 10.2 Å². The van der Waals surface area contributed by atoms with Crippen molar-refractivity contribution in [3.63, 3.8) is 0 Å². The Morgan fingerprint density at radius 2 is 1.64 bits per heavy atom. The van der Waals surface area contributed by atoms with E-state index >= 15 is 0 Å². The first-order chi connectivity index (χ1) is 13.3. The maximum absolute atomic E-state index is 13.1. The van der Waals surface area contributed by atoms with Gasteiger partial charge in [-0.25, -0.2) is 0 Å². The molecule has 0 aliphatic heterocycles. The number of amides is 2. The Morgan fingerprint density at radius 3 is 2.25 bits per heavy atom. The standard InChI is InChI=1S/C24H32N2O2/c1-6-19(4)25-24(28)20(5)26(16-21-12-10-17(2)11-13-21)23(27)15-22-9-7-8-18(3)14-22/h7-14,19-20H,6,15-16H2,1-5H3,(H,25,28)/t19-,20+/m0/s1. The molecule has 0 fully saturated rings. The first kappa shape index (κ1) is 21.7. The Balaban J connectivity index is 2.22. The highest BCUT2D eigenvalue weighted by molar-refractivity contribution is 5.88. The summed E-state index contributed by atoms with van der Waals surface area (Å²) in [5, 5.41) is 3.00. The molecule has 4 heteroatoms. The van der Waals surface area contributed by atoms with E-state index in [2.05, 4.69) is 5.32 Å². The smallest absolute Gasteiger partial charge is 0.242 e. The van der Waals surface area contributed by atoms with Gasteiger partial charge in [-0.2, -0.15) is 0 Å². The van der Waals surface area contributed by atoms with Crippen LogP contribution < -0.4 is 5.32 Å². The molecule has 28 heavy (non-hydrogen) atoms. The highest BCUT2D eigenvalue weighted by Gasteiger charge is 2.26. The van der Waals surface area contributed by atoms with Crippen molar-refractivity contribution in [2.75, 3.05) is 0 Å². The summed E-state index contributed by atoms with van der Waals surface area (Å²) >= 11 is 0. The van der Waals surface area contributed by atoms with Crippen LogP contribution in [0.1, 0.15) is 49.4 Å². The third-order valence-electron chi connectivity index (χ3n) is 5.08. The molecule has 2 amide bonds. The van der Waals surface area contributed by atoms with Gasteiger partial charge in [0, 0.05) is 12.6 Å². The highest BCUT2D eigenvalue weighted by atomic mass is 16.2. The van der Waals surface area contributed by atoms with Crippen LogP contribution in [-0.2, 0) is 22.6 Å². The van der Waals surface area contributed by atoms with Crippen molar-refractivity contribution >= 4 is 11.8 Å². The Morgan fingerprint density at radius 1 is 0.964 bits per heavy atom. The van der Waals surface area contributed by atoms with E-state index in [0.717, 1.165) is 23.1 Å². The van der Waals surface area contributed by atoms with Gasteiger partial charge in [0.25, 0.3) is 0 Å². The number of nitrogens with zero attached hydrogens (tertiary/aromatic N) is 1. The molecule has 0 unspecified atom stereocenters. The number of rotatable bonds is 8. The van der Waals surface area contributed by atoms with E-state index in [0.29, 0.717) is 6.54 Å². The van der Waals surface area contributed by atoms with Crippen LogP contribution in [0, 0.1) is 13.8 Å². The molecule has 2 aromatic carbocycles. The quantitative estimate of drug-likeness (QED) is 0.747. The Labute approximate surface area is 169 Å². The van der Waals surface area contributed by atoms with E-state index < -0.39 is 6.04 Å². The van der Waals surface area contributed by atoms with Gasteiger partial charge >= 0.3 is 0 Å². The lowest BCUT2D eigenvalue weighted by Gasteiger charge is -2.30. The predicted octanol–water partition coefficient (Wildman–Crippen LogP) is 4.18. The molecule has 2 aromatic rings. The van der Waals surface area contributed by atoms with Crippen LogP contribution in [0.4, 0.5) is 0 Å². The van der Waals surface area contributed by atoms with Gasteiger partial charge in [0.05, 0.1) is 6.42 Å². The lowest BCUT2D eigenvalue weighted by Crippen LogP contribution is -2.49. The van der Waals surface area contributed by atoms with Crippen molar-refractivity contribution < 1.29 is 9.59 Å². The van der Waals surface area contributed by atoms with Crippen molar-refractivity contribution in [3.8, 4) is 0 Å². The number of carbonyl (C=O) groups is 2. The molecule has 150 valence electrons. The average molecular weight is 381 g/mol. The van der Waals surface area contributed by atoms with Crippen molar-refractivity contribution in [2.24, 2.45) is 0 Å². The molecule has 2 atom stereocenters. The fraction of sp³-hybridized carbons (Fsp3) is 0.417. The van der Waals surface area contributed by atoms with Crippen molar-refractivity contribution in [1.29, 1.82) is 0 Å². The Hall–Kier alpha value is -2.62. The minimum atomic E-state index is -0.535. The lowest BCUT2D eigenvalue weighted by atomic mass is 10.1. The molecule has 0 heterocycles. The summed E-state index contributed by atoms with van der Waals surface area (Å²) in [6.45, 7) is 10.3. The van der Waals surface area contributed by atoms with Crippen molar-refractivity contribution in [2.45, 2.75) is 66.1 Å². The summed E-state index contributed by atoms with van der Waals surface area (Å²) in [6.07, 6.45) is 1.14. The van der Waals surface area contributed by atoms with Crippen LogP contribution in [-0.4, -0.2) is 28.8 Å². The molecule has 0 saturated carbocycles. The van der Waals surface area contributed by atoms with Crippen LogP contribution in [0.25, 0.3) is 0 Å². The number of hydrogen-bond acceptors (Lipinski definition) is 2. The van der Waals surface area contributed by atoms with E-state index in [-0.39, 0.29) is 24.3 Å². The summed E-state index contributed by atoms with van der Waals surface area (Å²) < 4.78 is 0. The summed E-state index contributed by atoms with van der Waals surface area (Å²) in [5.41, 5.74) is 4.28. The monoisotopic (exact) mass is 380 g/mol. The predicted molar refractivity (Wildman–Crippen MR) is 114 cm³/mol. The lowest BCUT2D eigenvalue weighted by molar-refractivity contribution is -0.140. The van der Waals surface area contributed by atoms with Crippen LogP contribution in [0.5, 0.6) is 0 Å². The highest BCUT2D eigenvalue weighted by Crippen LogP contribution is 2.14. The topological polar surface area (TPSA) is 49.4 Å². The fourth-order valence-corrected chi connectivity index (χ4v) is 3.04. The van der Waals surface area contributed by atoms with Gasteiger partial charge in [-0.3, -0.25) is 9.59 Å². The molecule has 0 radical (unpaired) electrons. The number of aryl methyl sites for hydroxylation is 2. The van der Waals surface area contributed by atoms with Crippen LogP contribution in [0.2, 0.25) is 0 Å². The Bertz CT molecular complexity index is 799. The van der Waals surface area contributed by atoms with Gasteiger partial charge in [0.1, 0.15) is 6.04 Å². The summed E-state index contributed by atoms with van der Waals surface area (Å²) in [6, 6.07) is 15.6. The second kappa shape index (κ2) is 10.1. The summed E-state index contributed by atoms with van der Waals surface area (Å²) in [4.78, 5) is 27.5. The molecule has 0 aliphatic rings. The van der Waals surface area contributed by atoms with Crippen LogP contribution in [0.15, 0.2) is 48.5 Å². The third kappa shape index (κ3) is 6.22. The first-order valence-electron chi connectivity index (χ1n) is 10.0. The van der Waals surface area contributed by atoms with Gasteiger partial charge in [-0.05, 0) is 45.2 Å². The number of benzene rings is 2. The number of carbonyl (C=O) groups excluding carboxylic acids is 2. The minimum absolute atomic E-state index is 0.0435. The van der Waals surface area contributed by atoms with Crippen LogP contribution in [0.3, 0.4) is 0 Å². The number of hydrogen-bond donors (Lipinski definition) is 1. The molecular formula is C24H32N2O2. The van der Waals surface area contributed by atoms with E-state index in [1.165, 1.54) is 5.56 Å². The zero-order chi connectivity index (χ0) is 20.7. The SMILES string of the molecule is CC[C@H](C)NC(=O)[C@@H](C)N(Cc1ccc(C)cc1)C(=O)Cc1cccc(C)c1. The normalized spacial score (nSPS) is 12.9. The van der Waals surface area contributed by atoms with Gasteiger partial charge in [0.2, 0.25) is 11.8 Å². The van der Waals surface area contributed by atoms with E-state index in [4.69, 9.17) is 0 Å². The average Bonchev–Trinajstić information content (AvgIpc) is 2.66. The van der Waals surface area contributed by atoms with Gasteiger partial charge in [-0.15, -0.1) is 0 Å². The zero-order valence-corrected chi connectivity index (χ0v) is 17.7. The maximum atomic E-state index is 13.1. The van der Waals surface area contributed by atoms with Gasteiger partial charge in [0.15, 0.2) is 0 Å². The molecule has 1 N–H and O–H groups in total. The second-order valence-corrected chi connectivity index (χ2v) is 7.67. The van der Waals surface area contributed by atoms with Crippen molar-refractivity contribution in [1.82, 2.24) is 10.2 Å². The molecule has 0 bridgehead atoms. The van der Waals surface area contributed by atoms with Gasteiger partial charge in [-0.1, -0.05) is 66.6 Å². The van der Waals surface area contributed by atoms with E-state index in [9.17, 15) is 9.59 Å². The largest absolute Gasteiger partial charge is 0.352 e. The molecule has 4 nitrogen and oxygen atoms in total. The molecule has 2 rings (SSSR count).